The molecule has 1 aliphatic carbocycles. The first-order chi connectivity index (χ1) is 51.8. The number of ether oxygens (including phenoxy) is 8. The van der Waals surface area contributed by atoms with Gasteiger partial charge in [-0.25, -0.2) is 0 Å². The second-order valence-corrected chi connectivity index (χ2v) is 34.6. The molecule has 0 spiro atoms. The van der Waals surface area contributed by atoms with Crippen LogP contribution in [0.15, 0.2) is 146 Å². The molecule has 576 valence electrons. The Labute approximate surface area is 647 Å². The zero-order chi connectivity index (χ0) is 76.5. The van der Waals surface area contributed by atoms with Crippen molar-refractivity contribution in [1.82, 2.24) is 19.6 Å². The number of nitrogens with zero attached hydrogens (tertiary/aromatic N) is 4. The Balaban J connectivity index is 1.23. The summed E-state index contributed by atoms with van der Waals surface area (Å²) < 4.78 is 61.6. The van der Waals surface area contributed by atoms with Crippen molar-refractivity contribution < 1.29 is 37.9 Å². The van der Waals surface area contributed by atoms with Crippen molar-refractivity contribution >= 4 is 0 Å². The molecule has 4 aliphatic heterocycles. The molecule has 0 unspecified atom stereocenters. The molecule has 0 radical (unpaired) electrons. The summed E-state index contributed by atoms with van der Waals surface area (Å²) in [5.41, 5.74) is 18.3. The third-order valence-electron chi connectivity index (χ3n) is 23.0. The standard InChI is InChI=1S/C96H124N4O8/c1-57(2)41-73-77-45-82(94(106-62(11)12)85-49-97(53-101-89(77)85)65(17)69-33-25-21-26-34-69)75(43-59(5)6)79-47-84(96(108-64(15)16)87-51-99(55-103-91(79)87)67(19)71-37-29-23-30-38-71)76(44-60(7)8)80-48-83(95(107-63(13)14)88-52-100(56-104-92(80)88)68(20)72-39-31-24-32-40-72)74(42-58(3)4)78-46-81(73)93(105-61(9)10)86-50-98(54-102-90(78)86)66(18)70-35-27-22-28-36-70/h21-40,45-48,57-68,73-76H,41-44,49-56H2,1-20H3/t65-,66-,67-,68-,73-,74-,75-,76-/m0/s1. The Morgan fingerprint density at radius 1 is 0.269 bits per heavy atom. The van der Waals surface area contributed by atoms with Crippen LogP contribution in [-0.2, 0) is 26.2 Å². The number of hydrogen-bond acceptors (Lipinski definition) is 12. The average Bonchev–Trinajstić information content (AvgIpc) is 0.721. The van der Waals surface area contributed by atoms with Crippen LogP contribution in [0.4, 0.5) is 0 Å². The monoisotopic (exact) mass is 1460 g/mol. The molecule has 0 saturated heterocycles. The van der Waals surface area contributed by atoms with E-state index >= 15 is 0 Å². The highest BCUT2D eigenvalue weighted by Crippen LogP contribution is 2.60. The Morgan fingerprint density at radius 2 is 0.454 bits per heavy atom. The molecule has 13 rings (SSSR count). The molecule has 0 amide bonds. The molecule has 12 heteroatoms. The minimum atomic E-state index is -0.256. The van der Waals surface area contributed by atoms with Crippen molar-refractivity contribution in [3.8, 4) is 46.0 Å². The summed E-state index contributed by atoms with van der Waals surface area (Å²) in [4.78, 5) is 9.98. The van der Waals surface area contributed by atoms with Gasteiger partial charge in [-0.2, -0.15) is 0 Å². The molecule has 8 aromatic carbocycles. The van der Waals surface area contributed by atoms with Crippen LogP contribution in [0.5, 0.6) is 46.0 Å². The van der Waals surface area contributed by atoms with Crippen LogP contribution in [0, 0.1) is 23.7 Å². The molecule has 108 heavy (non-hydrogen) atoms. The van der Waals surface area contributed by atoms with Crippen LogP contribution in [-0.4, -0.2) is 70.9 Å². The second-order valence-electron chi connectivity index (χ2n) is 34.6. The number of rotatable bonds is 24. The summed E-state index contributed by atoms with van der Waals surface area (Å²) in [5.74, 6) is 7.02. The van der Waals surface area contributed by atoms with Crippen LogP contribution >= 0.6 is 0 Å². The van der Waals surface area contributed by atoms with Gasteiger partial charge in [0.15, 0.2) is 0 Å². The van der Waals surface area contributed by atoms with Gasteiger partial charge < -0.3 is 37.9 Å². The van der Waals surface area contributed by atoms with Gasteiger partial charge in [0.2, 0.25) is 0 Å². The maximum Gasteiger partial charge on any atom is 0.142 e. The van der Waals surface area contributed by atoms with Crippen molar-refractivity contribution in [3.05, 3.63) is 235 Å². The molecule has 0 aromatic heterocycles. The van der Waals surface area contributed by atoms with Crippen molar-refractivity contribution in [2.45, 2.75) is 263 Å². The lowest BCUT2D eigenvalue weighted by Crippen LogP contribution is -2.36. The molecule has 8 aromatic rings. The quantitative estimate of drug-likeness (QED) is 0.0577. The predicted octanol–water partition coefficient (Wildman–Crippen LogP) is 23.5. The third kappa shape index (κ3) is 16.6. The molecule has 8 atom stereocenters. The van der Waals surface area contributed by atoms with Gasteiger partial charge in [-0.15, -0.1) is 0 Å². The SMILES string of the molecule is CC(C)C[C@H]1c2cc(c(OC(C)C)c3c2OCN([C@@H](C)c2ccccc2)C3)[C@@H](CC(C)C)c2cc(c(OC(C)C)c3c2OCN([C@@H](C)c2ccccc2)C3)[C@@H](CC(C)C)c2cc(c(OC(C)C)c3c2OCN([C@@H](C)c2ccccc2)C3)[C@@H](CC(C)C)c2cc1c(OC(C)C)c1c2OCN([C@@H](C)c2ccccc2)C1. The fraction of sp³-hybridized carbons (Fsp3) is 0.500. The largest absolute Gasteiger partial charge is 0.490 e. The minimum absolute atomic E-state index is 0.0255. The topological polar surface area (TPSA) is 86.8 Å². The summed E-state index contributed by atoms with van der Waals surface area (Å²) in [6.45, 7) is 49.9. The van der Waals surface area contributed by atoms with E-state index in [0.717, 1.165) is 138 Å². The highest BCUT2D eigenvalue weighted by atomic mass is 16.5. The fourth-order valence-electron chi connectivity index (χ4n) is 17.7. The van der Waals surface area contributed by atoms with Gasteiger partial charge in [0.1, 0.15) is 72.9 Å². The van der Waals surface area contributed by atoms with Crippen LogP contribution in [0.2, 0.25) is 0 Å². The van der Waals surface area contributed by atoms with E-state index in [4.69, 9.17) is 37.9 Å². The molecule has 0 N–H and O–H groups in total. The van der Waals surface area contributed by atoms with E-state index in [1.54, 1.807) is 0 Å². The molecule has 8 bridgehead atoms. The zero-order valence-corrected chi connectivity index (χ0v) is 68.6. The normalized spacial score (nSPS) is 19.4. The molecular weight excluding hydrogens is 1340 g/mol. The van der Waals surface area contributed by atoms with Crippen LogP contribution < -0.4 is 37.9 Å². The lowest BCUT2D eigenvalue weighted by atomic mass is 9.73. The van der Waals surface area contributed by atoms with Crippen molar-refractivity contribution in [2.24, 2.45) is 23.7 Å². The van der Waals surface area contributed by atoms with Crippen LogP contribution in [0.3, 0.4) is 0 Å². The number of fused-ring (bicyclic) bond motifs is 16. The Bertz CT molecular complexity index is 3810. The number of hydrogen-bond donors (Lipinski definition) is 0. The second kappa shape index (κ2) is 33.7. The van der Waals surface area contributed by atoms with E-state index in [1.165, 1.54) is 22.3 Å². The van der Waals surface area contributed by atoms with Gasteiger partial charge in [0.05, 0.1) is 46.7 Å². The number of benzene rings is 8. The molecule has 4 heterocycles. The smallest absolute Gasteiger partial charge is 0.142 e. The average molecular weight is 1460 g/mol. The molecule has 0 fully saturated rings. The molecular formula is C96H124N4O8. The minimum Gasteiger partial charge on any atom is -0.490 e. The van der Waals surface area contributed by atoms with Gasteiger partial charge in [0, 0.05) is 119 Å². The predicted molar refractivity (Wildman–Crippen MR) is 438 cm³/mol. The summed E-state index contributed by atoms with van der Waals surface area (Å²) >= 11 is 0. The summed E-state index contributed by atoms with van der Waals surface area (Å²) in [7, 11) is 0. The van der Waals surface area contributed by atoms with Crippen molar-refractivity contribution in [2.75, 3.05) is 26.9 Å². The van der Waals surface area contributed by atoms with E-state index in [2.05, 4.69) is 304 Å². The lowest BCUT2D eigenvalue weighted by molar-refractivity contribution is 0.0566. The first-order valence-corrected chi connectivity index (χ1v) is 40.9. The van der Waals surface area contributed by atoms with Gasteiger partial charge in [-0.1, -0.05) is 177 Å². The van der Waals surface area contributed by atoms with E-state index in [1.807, 2.05) is 0 Å². The van der Waals surface area contributed by atoms with Crippen LogP contribution in [0.1, 0.15) is 301 Å². The van der Waals surface area contributed by atoms with Gasteiger partial charge in [0.25, 0.3) is 0 Å². The fourth-order valence-corrected chi connectivity index (χ4v) is 17.7. The Hall–Kier alpha value is -8.00. The van der Waals surface area contributed by atoms with Crippen LogP contribution in [0.25, 0.3) is 0 Å². The molecule has 12 nitrogen and oxygen atoms in total. The van der Waals surface area contributed by atoms with Gasteiger partial charge in [-0.3, -0.25) is 19.6 Å². The third-order valence-corrected chi connectivity index (χ3v) is 23.0. The highest BCUT2D eigenvalue weighted by molar-refractivity contribution is 5.70. The molecule has 5 aliphatic rings. The highest BCUT2D eigenvalue weighted by Gasteiger charge is 2.45. The zero-order valence-electron chi connectivity index (χ0n) is 68.6. The first-order valence-electron chi connectivity index (χ1n) is 40.9. The lowest BCUT2D eigenvalue weighted by Gasteiger charge is -2.42. The summed E-state index contributed by atoms with van der Waals surface area (Å²) in [6, 6.07) is 54.0. The van der Waals surface area contributed by atoms with E-state index < -0.39 is 0 Å². The van der Waals surface area contributed by atoms with Crippen molar-refractivity contribution in [1.29, 1.82) is 0 Å². The summed E-state index contributed by atoms with van der Waals surface area (Å²) in [5, 5.41) is 0. The van der Waals surface area contributed by atoms with E-state index in [9.17, 15) is 0 Å². The first kappa shape index (κ1) is 78.1. The van der Waals surface area contributed by atoms with E-state index in [-0.39, 0.29) is 95.9 Å². The summed E-state index contributed by atoms with van der Waals surface area (Å²) in [6.07, 6.45) is 2.43. The molecule has 0 saturated carbocycles. The Morgan fingerprint density at radius 3 is 0.620 bits per heavy atom. The van der Waals surface area contributed by atoms with Gasteiger partial charge >= 0.3 is 0 Å². The Kier molecular flexibility index (Phi) is 24.4. The van der Waals surface area contributed by atoms with Crippen molar-refractivity contribution in [3.63, 3.8) is 0 Å². The maximum absolute atomic E-state index is 7.71. The maximum atomic E-state index is 7.71. The van der Waals surface area contributed by atoms with E-state index in [0.29, 0.717) is 53.1 Å². The van der Waals surface area contributed by atoms with Gasteiger partial charge in [-0.05, 0) is 179 Å².